The Bertz CT molecular complexity index is 1090. The predicted molar refractivity (Wildman–Crippen MR) is 126 cm³/mol. The second kappa shape index (κ2) is 10.7. The van der Waals surface area contributed by atoms with Gasteiger partial charge in [0.2, 0.25) is 0 Å². The van der Waals surface area contributed by atoms with E-state index in [2.05, 4.69) is 31.3 Å². The van der Waals surface area contributed by atoms with Crippen LogP contribution in [0.3, 0.4) is 0 Å². The number of amides is 1. The van der Waals surface area contributed by atoms with Gasteiger partial charge in [-0.3, -0.25) is 10.1 Å². The van der Waals surface area contributed by atoms with E-state index in [9.17, 15) is 9.59 Å². The zero-order chi connectivity index (χ0) is 22.2. The fraction of sp³-hybridized carbons (Fsp3) is 0.0870. The Morgan fingerprint density at radius 3 is 2.39 bits per heavy atom. The number of esters is 1. The molecule has 0 aliphatic carbocycles. The molecule has 8 heteroatoms. The maximum Gasteiger partial charge on any atom is 0.337 e. The average Bonchev–Trinajstić information content (AvgIpc) is 2.78. The Labute approximate surface area is 193 Å². The fourth-order valence-electron chi connectivity index (χ4n) is 2.68. The quantitative estimate of drug-likeness (QED) is 0.370. The number of carbonyl (C=O) groups is 2. The molecule has 0 bridgehead atoms. The van der Waals surface area contributed by atoms with Gasteiger partial charge in [-0.25, -0.2) is 4.79 Å². The minimum Gasteiger partial charge on any atom is -0.488 e. The molecular weight excluding hydrogens is 480 g/mol. The molecule has 0 saturated heterocycles. The maximum absolute atomic E-state index is 12.8. The molecule has 0 heterocycles. The number of ether oxygens (including phenoxy) is 2. The smallest absolute Gasteiger partial charge is 0.337 e. The molecule has 3 aromatic rings. The van der Waals surface area contributed by atoms with Gasteiger partial charge in [0.1, 0.15) is 12.4 Å². The van der Waals surface area contributed by atoms with Gasteiger partial charge in [0.15, 0.2) is 5.11 Å². The van der Waals surface area contributed by atoms with Gasteiger partial charge in [-0.05, 0) is 60.2 Å². The molecule has 3 aromatic carbocycles. The summed E-state index contributed by atoms with van der Waals surface area (Å²) in [5.74, 6) is -0.400. The second-order valence-electron chi connectivity index (χ2n) is 6.39. The zero-order valence-corrected chi connectivity index (χ0v) is 19.0. The van der Waals surface area contributed by atoms with E-state index in [1.54, 1.807) is 42.5 Å². The normalized spacial score (nSPS) is 10.1. The standard InChI is InChI=1S/C23H19BrN2O4S/c1-29-22(28)16-7-10-18(11-8-16)25-23(31)26-21(27)19-13-17(24)9-12-20(19)30-14-15-5-3-2-4-6-15/h2-13H,14H2,1H3,(H2,25,26,27,31). The molecule has 0 unspecified atom stereocenters. The first-order chi connectivity index (χ1) is 15.0. The Kier molecular flexibility index (Phi) is 7.75. The summed E-state index contributed by atoms with van der Waals surface area (Å²) in [4.78, 5) is 24.3. The number of anilines is 1. The summed E-state index contributed by atoms with van der Waals surface area (Å²) >= 11 is 8.63. The predicted octanol–water partition coefficient (Wildman–Crippen LogP) is 4.94. The lowest BCUT2D eigenvalue weighted by atomic mass is 10.2. The number of halogens is 1. The van der Waals surface area contributed by atoms with Gasteiger partial charge in [-0.1, -0.05) is 46.3 Å². The molecule has 3 rings (SSSR count). The van der Waals surface area contributed by atoms with Gasteiger partial charge in [-0.2, -0.15) is 0 Å². The molecule has 0 spiro atoms. The van der Waals surface area contributed by atoms with Crippen LogP contribution in [-0.2, 0) is 11.3 Å². The SMILES string of the molecule is COC(=O)c1ccc(NC(=S)NC(=O)c2cc(Br)ccc2OCc2ccccc2)cc1. The van der Waals surface area contributed by atoms with Crippen molar-refractivity contribution in [3.63, 3.8) is 0 Å². The summed E-state index contributed by atoms with van der Waals surface area (Å²) in [5, 5.41) is 5.68. The third kappa shape index (κ3) is 6.37. The van der Waals surface area contributed by atoms with Crippen molar-refractivity contribution < 1.29 is 19.1 Å². The van der Waals surface area contributed by atoms with Crippen molar-refractivity contribution in [2.75, 3.05) is 12.4 Å². The van der Waals surface area contributed by atoms with Crippen molar-refractivity contribution in [2.24, 2.45) is 0 Å². The van der Waals surface area contributed by atoms with Crippen molar-refractivity contribution in [1.82, 2.24) is 5.32 Å². The lowest BCUT2D eigenvalue weighted by Crippen LogP contribution is -2.34. The summed E-state index contributed by atoms with van der Waals surface area (Å²) in [6.07, 6.45) is 0. The Balaban J connectivity index is 1.65. The van der Waals surface area contributed by atoms with Crippen molar-refractivity contribution >= 4 is 50.8 Å². The van der Waals surface area contributed by atoms with E-state index < -0.39 is 11.9 Å². The summed E-state index contributed by atoms with van der Waals surface area (Å²) in [7, 11) is 1.32. The fourth-order valence-corrected chi connectivity index (χ4v) is 3.25. The van der Waals surface area contributed by atoms with Crippen LogP contribution in [0.5, 0.6) is 5.75 Å². The highest BCUT2D eigenvalue weighted by Crippen LogP contribution is 2.24. The molecule has 0 fully saturated rings. The molecule has 6 nitrogen and oxygen atoms in total. The van der Waals surface area contributed by atoms with Gasteiger partial charge in [0, 0.05) is 10.2 Å². The van der Waals surface area contributed by atoms with E-state index in [1.165, 1.54) is 7.11 Å². The Morgan fingerprint density at radius 2 is 1.71 bits per heavy atom. The van der Waals surface area contributed by atoms with Crippen molar-refractivity contribution in [1.29, 1.82) is 0 Å². The highest BCUT2D eigenvalue weighted by atomic mass is 79.9. The number of carbonyl (C=O) groups excluding carboxylic acids is 2. The molecule has 0 aromatic heterocycles. The molecule has 0 aliphatic heterocycles. The van der Waals surface area contributed by atoms with Gasteiger partial charge < -0.3 is 14.8 Å². The number of hydrogen-bond donors (Lipinski definition) is 2. The lowest BCUT2D eigenvalue weighted by molar-refractivity contribution is 0.0600. The summed E-state index contributed by atoms with van der Waals surface area (Å²) < 4.78 is 11.3. The van der Waals surface area contributed by atoms with Crippen LogP contribution in [0.4, 0.5) is 5.69 Å². The van der Waals surface area contributed by atoms with Crippen LogP contribution >= 0.6 is 28.1 Å². The largest absolute Gasteiger partial charge is 0.488 e. The van der Waals surface area contributed by atoms with Gasteiger partial charge in [0.25, 0.3) is 5.91 Å². The van der Waals surface area contributed by atoms with Crippen LogP contribution in [0.1, 0.15) is 26.3 Å². The Hall–Kier alpha value is -3.23. The molecule has 0 atom stereocenters. The number of hydrogen-bond acceptors (Lipinski definition) is 5. The van der Waals surface area contributed by atoms with Crippen LogP contribution in [0.15, 0.2) is 77.3 Å². The van der Waals surface area contributed by atoms with Crippen LogP contribution in [0.2, 0.25) is 0 Å². The maximum atomic E-state index is 12.8. The van der Waals surface area contributed by atoms with Crippen molar-refractivity contribution in [3.8, 4) is 5.75 Å². The Morgan fingerprint density at radius 1 is 1.00 bits per heavy atom. The first-order valence-electron chi connectivity index (χ1n) is 9.23. The molecule has 31 heavy (non-hydrogen) atoms. The van der Waals surface area contributed by atoms with E-state index in [0.29, 0.717) is 29.2 Å². The molecule has 0 radical (unpaired) electrons. The van der Waals surface area contributed by atoms with Crippen molar-refractivity contribution in [3.05, 3.63) is 94.0 Å². The zero-order valence-electron chi connectivity index (χ0n) is 16.6. The van der Waals surface area contributed by atoms with Crippen LogP contribution in [0.25, 0.3) is 0 Å². The average molecular weight is 499 g/mol. The third-order valence-electron chi connectivity index (χ3n) is 4.21. The number of rotatable bonds is 6. The lowest BCUT2D eigenvalue weighted by Gasteiger charge is -2.14. The highest BCUT2D eigenvalue weighted by Gasteiger charge is 2.15. The van der Waals surface area contributed by atoms with Gasteiger partial charge in [0.05, 0.1) is 18.2 Å². The van der Waals surface area contributed by atoms with E-state index in [0.717, 1.165) is 10.0 Å². The van der Waals surface area contributed by atoms with Crippen LogP contribution in [0, 0.1) is 0 Å². The van der Waals surface area contributed by atoms with Crippen LogP contribution < -0.4 is 15.4 Å². The molecule has 158 valence electrons. The molecule has 0 aliphatic rings. The number of thiocarbonyl (C=S) groups is 1. The second-order valence-corrected chi connectivity index (χ2v) is 7.72. The first-order valence-corrected chi connectivity index (χ1v) is 10.4. The summed E-state index contributed by atoms with van der Waals surface area (Å²) in [6, 6.07) is 21.4. The first kappa shape index (κ1) is 22.5. The van der Waals surface area contributed by atoms with E-state index in [4.69, 9.17) is 17.0 Å². The number of methoxy groups -OCH3 is 1. The molecule has 1 amide bonds. The minimum absolute atomic E-state index is 0.116. The summed E-state index contributed by atoms with van der Waals surface area (Å²) in [6.45, 7) is 0.331. The minimum atomic E-state index is -0.430. The molecular formula is C23H19BrN2O4S. The monoisotopic (exact) mass is 498 g/mol. The van der Waals surface area contributed by atoms with Gasteiger partial charge >= 0.3 is 5.97 Å². The van der Waals surface area contributed by atoms with E-state index in [-0.39, 0.29) is 5.11 Å². The molecule has 0 saturated carbocycles. The number of nitrogens with one attached hydrogen (secondary N) is 2. The van der Waals surface area contributed by atoms with Crippen LogP contribution in [-0.4, -0.2) is 24.1 Å². The van der Waals surface area contributed by atoms with E-state index >= 15 is 0 Å². The number of benzene rings is 3. The topological polar surface area (TPSA) is 76.7 Å². The van der Waals surface area contributed by atoms with E-state index in [1.807, 2.05) is 30.3 Å². The van der Waals surface area contributed by atoms with Crippen molar-refractivity contribution in [2.45, 2.75) is 6.61 Å². The van der Waals surface area contributed by atoms with Gasteiger partial charge in [-0.15, -0.1) is 0 Å². The third-order valence-corrected chi connectivity index (χ3v) is 4.91. The summed E-state index contributed by atoms with van der Waals surface area (Å²) in [5.41, 5.74) is 2.37. The highest BCUT2D eigenvalue weighted by molar-refractivity contribution is 9.10. The molecule has 2 N–H and O–H groups in total.